The summed E-state index contributed by atoms with van der Waals surface area (Å²) in [6, 6.07) is 8.74. The van der Waals surface area contributed by atoms with Gasteiger partial charge >= 0.3 is 6.09 Å². The molecular formula is C25H32N6O3. The first-order chi connectivity index (χ1) is 16.1. The van der Waals surface area contributed by atoms with Gasteiger partial charge in [-0.05, 0) is 69.2 Å². The number of ether oxygens (including phenoxy) is 1. The van der Waals surface area contributed by atoms with Gasteiger partial charge in [0.1, 0.15) is 17.0 Å². The lowest BCUT2D eigenvalue weighted by atomic mass is 9.82. The molecule has 0 bridgehead atoms. The number of aromatic nitrogens is 4. The molecule has 180 valence electrons. The molecule has 9 nitrogen and oxygen atoms in total. The topological polar surface area (TPSA) is 119 Å². The molecule has 1 aromatic carbocycles. The summed E-state index contributed by atoms with van der Waals surface area (Å²) in [5, 5.41) is 22.9. The van der Waals surface area contributed by atoms with Crippen molar-refractivity contribution in [3.8, 4) is 22.7 Å². The van der Waals surface area contributed by atoms with Gasteiger partial charge in [-0.2, -0.15) is 5.10 Å². The molecule has 3 aromatic rings. The lowest BCUT2D eigenvalue weighted by molar-refractivity contribution is 0.0176. The Labute approximate surface area is 199 Å². The number of amides is 1. The van der Waals surface area contributed by atoms with Crippen LogP contribution in [0.15, 0.2) is 42.7 Å². The number of likely N-dealkylation sites (tertiary alicyclic amines) is 1. The van der Waals surface area contributed by atoms with Crippen molar-refractivity contribution in [3.05, 3.63) is 48.3 Å². The predicted octanol–water partition coefficient (Wildman–Crippen LogP) is 4.37. The number of hydrogen-bond acceptors (Lipinski definition) is 7. The van der Waals surface area contributed by atoms with Gasteiger partial charge < -0.3 is 20.5 Å². The Kier molecular flexibility index (Phi) is 6.45. The van der Waals surface area contributed by atoms with Gasteiger partial charge in [0, 0.05) is 24.8 Å². The summed E-state index contributed by atoms with van der Waals surface area (Å²) < 4.78 is 7.21. The highest BCUT2D eigenvalue weighted by atomic mass is 16.6. The minimum Gasteiger partial charge on any atom is -0.507 e. The van der Waals surface area contributed by atoms with Crippen LogP contribution in [-0.4, -0.2) is 54.8 Å². The van der Waals surface area contributed by atoms with Crippen molar-refractivity contribution in [2.75, 3.05) is 18.8 Å². The largest absolute Gasteiger partial charge is 0.507 e. The average molecular weight is 465 g/mol. The zero-order chi connectivity index (χ0) is 24.5. The molecule has 3 N–H and O–H groups in total. The Balaban J connectivity index is 1.46. The van der Waals surface area contributed by atoms with Crippen LogP contribution in [-0.2, 0) is 4.74 Å². The van der Waals surface area contributed by atoms with Crippen molar-refractivity contribution in [2.24, 2.45) is 5.92 Å². The molecule has 0 radical (unpaired) electrons. The van der Waals surface area contributed by atoms with Crippen LogP contribution in [0.2, 0.25) is 0 Å². The van der Waals surface area contributed by atoms with Crippen molar-refractivity contribution in [1.82, 2.24) is 24.9 Å². The Hall–Kier alpha value is -3.62. The first-order valence-electron chi connectivity index (χ1n) is 11.6. The number of para-hydroxylation sites is 1. The molecule has 1 saturated heterocycles. The fourth-order valence-electron chi connectivity index (χ4n) is 4.28. The number of nitrogen functional groups attached to an aromatic ring is 1. The lowest BCUT2D eigenvalue weighted by Gasteiger charge is -2.35. The van der Waals surface area contributed by atoms with E-state index in [1.807, 2.05) is 39.2 Å². The Morgan fingerprint density at radius 3 is 2.59 bits per heavy atom. The number of carbonyl (C=O) groups is 1. The third-order valence-corrected chi connectivity index (χ3v) is 6.25. The van der Waals surface area contributed by atoms with E-state index < -0.39 is 5.60 Å². The third kappa shape index (κ3) is 5.13. The van der Waals surface area contributed by atoms with Gasteiger partial charge in [0.2, 0.25) is 0 Å². The van der Waals surface area contributed by atoms with Crippen LogP contribution in [0.1, 0.15) is 52.0 Å². The Bertz CT molecular complexity index is 1160. The van der Waals surface area contributed by atoms with E-state index in [0.717, 1.165) is 18.4 Å². The summed E-state index contributed by atoms with van der Waals surface area (Å²) in [5.74, 6) is 1.08. The fourth-order valence-corrected chi connectivity index (χ4v) is 4.28. The van der Waals surface area contributed by atoms with E-state index in [2.05, 4.69) is 22.2 Å². The minimum atomic E-state index is -0.488. The summed E-state index contributed by atoms with van der Waals surface area (Å²) in [6.07, 6.45) is 5.38. The molecular weight excluding hydrogens is 432 g/mol. The standard InChI is InChI=1S/C25H32N6O3/c1-16(17-9-11-30(12-10-17)24(33)34-25(2,3)4)18-14-27-31(15-18)21-13-20(28-29-23(21)26)19-7-5-6-8-22(19)32/h5-8,13-17,32H,9-12H2,1-4H3,(H2,26,29). The molecule has 1 aliphatic heterocycles. The van der Waals surface area contributed by atoms with Crippen molar-refractivity contribution >= 4 is 11.9 Å². The van der Waals surface area contributed by atoms with Gasteiger partial charge in [0.05, 0.1) is 11.9 Å². The van der Waals surface area contributed by atoms with E-state index in [1.54, 1.807) is 33.8 Å². The highest BCUT2D eigenvalue weighted by Crippen LogP contribution is 2.34. The maximum Gasteiger partial charge on any atom is 0.410 e. The molecule has 9 heteroatoms. The number of benzene rings is 1. The highest BCUT2D eigenvalue weighted by Gasteiger charge is 2.30. The van der Waals surface area contributed by atoms with Gasteiger partial charge in [0.15, 0.2) is 5.82 Å². The van der Waals surface area contributed by atoms with E-state index >= 15 is 0 Å². The number of rotatable bonds is 4. The number of hydrogen-bond donors (Lipinski definition) is 2. The number of carbonyl (C=O) groups excluding carboxylic acids is 1. The van der Waals surface area contributed by atoms with E-state index in [4.69, 9.17) is 10.5 Å². The molecule has 0 saturated carbocycles. The summed E-state index contributed by atoms with van der Waals surface area (Å²) in [6.45, 7) is 9.21. The molecule has 0 aliphatic carbocycles. The van der Waals surface area contributed by atoms with Gasteiger partial charge in [-0.15, -0.1) is 10.2 Å². The number of aromatic hydroxyl groups is 1. The maximum atomic E-state index is 12.4. The first-order valence-corrected chi connectivity index (χ1v) is 11.6. The maximum absolute atomic E-state index is 12.4. The smallest absolute Gasteiger partial charge is 0.410 e. The van der Waals surface area contributed by atoms with Gasteiger partial charge in [-0.1, -0.05) is 19.1 Å². The van der Waals surface area contributed by atoms with Crippen LogP contribution in [0.25, 0.3) is 16.9 Å². The molecule has 1 unspecified atom stereocenters. The number of phenolic OH excluding ortho intramolecular Hbond substituents is 1. The van der Waals surface area contributed by atoms with E-state index in [9.17, 15) is 9.90 Å². The average Bonchev–Trinajstić information content (AvgIpc) is 3.28. The van der Waals surface area contributed by atoms with Crippen LogP contribution in [0.3, 0.4) is 0 Å². The molecule has 3 heterocycles. The normalized spacial score (nSPS) is 15.8. The fraction of sp³-hybridized carbons (Fsp3) is 0.440. The SMILES string of the molecule is CC(c1cnn(-c2cc(-c3ccccc3O)nnc2N)c1)C1CCN(C(=O)OC(C)(C)C)CC1. The molecule has 1 fully saturated rings. The van der Waals surface area contributed by atoms with Crippen LogP contribution < -0.4 is 5.73 Å². The van der Waals surface area contributed by atoms with Crippen LogP contribution >= 0.6 is 0 Å². The second kappa shape index (κ2) is 9.32. The Morgan fingerprint density at radius 1 is 1.21 bits per heavy atom. The van der Waals surface area contributed by atoms with Crippen LogP contribution in [0.5, 0.6) is 5.75 Å². The molecule has 1 amide bonds. The van der Waals surface area contributed by atoms with Crippen LogP contribution in [0.4, 0.5) is 10.6 Å². The van der Waals surface area contributed by atoms with Gasteiger partial charge in [-0.3, -0.25) is 0 Å². The van der Waals surface area contributed by atoms with Gasteiger partial charge in [0.25, 0.3) is 0 Å². The molecule has 2 aromatic heterocycles. The second-order valence-electron chi connectivity index (χ2n) is 9.83. The van der Waals surface area contributed by atoms with Crippen LogP contribution in [0, 0.1) is 5.92 Å². The van der Waals surface area contributed by atoms with Crippen molar-refractivity contribution < 1.29 is 14.6 Å². The molecule has 4 rings (SSSR count). The highest BCUT2D eigenvalue weighted by molar-refractivity contribution is 5.70. The molecule has 1 atom stereocenters. The number of nitrogens with zero attached hydrogens (tertiary/aromatic N) is 5. The van der Waals surface area contributed by atoms with Crippen molar-refractivity contribution in [2.45, 2.75) is 52.1 Å². The first kappa shape index (κ1) is 23.5. The van der Waals surface area contributed by atoms with E-state index in [0.29, 0.717) is 36.0 Å². The number of anilines is 1. The molecule has 0 spiro atoms. The van der Waals surface area contributed by atoms with E-state index in [-0.39, 0.29) is 23.6 Å². The summed E-state index contributed by atoms with van der Waals surface area (Å²) in [4.78, 5) is 14.1. The molecule has 1 aliphatic rings. The lowest BCUT2D eigenvalue weighted by Crippen LogP contribution is -2.42. The summed E-state index contributed by atoms with van der Waals surface area (Å²) >= 11 is 0. The summed E-state index contributed by atoms with van der Waals surface area (Å²) in [7, 11) is 0. The second-order valence-corrected chi connectivity index (χ2v) is 9.83. The zero-order valence-electron chi connectivity index (χ0n) is 20.1. The summed E-state index contributed by atoms with van der Waals surface area (Å²) in [5.41, 5.74) is 8.41. The minimum absolute atomic E-state index is 0.125. The quantitative estimate of drug-likeness (QED) is 0.588. The molecule has 34 heavy (non-hydrogen) atoms. The Morgan fingerprint density at radius 2 is 1.91 bits per heavy atom. The van der Waals surface area contributed by atoms with E-state index in [1.165, 1.54) is 0 Å². The monoisotopic (exact) mass is 464 g/mol. The third-order valence-electron chi connectivity index (χ3n) is 6.25. The van der Waals surface area contributed by atoms with Crippen molar-refractivity contribution in [1.29, 1.82) is 0 Å². The predicted molar refractivity (Wildman–Crippen MR) is 130 cm³/mol. The zero-order valence-corrected chi connectivity index (χ0v) is 20.1. The number of phenols is 1. The van der Waals surface area contributed by atoms with Crippen molar-refractivity contribution in [3.63, 3.8) is 0 Å². The number of piperidine rings is 1. The van der Waals surface area contributed by atoms with Gasteiger partial charge in [-0.25, -0.2) is 9.48 Å². The number of nitrogens with two attached hydrogens (primary N) is 1.